The summed E-state index contributed by atoms with van der Waals surface area (Å²) in [6, 6.07) is 5.50. The maximum atomic E-state index is 11.5. The van der Waals surface area contributed by atoms with Gasteiger partial charge in [0, 0.05) is 4.47 Å². The van der Waals surface area contributed by atoms with Crippen molar-refractivity contribution in [3.05, 3.63) is 28.2 Å². The van der Waals surface area contributed by atoms with Gasteiger partial charge in [-0.2, -0.15) is 0 Å². The molecule has 1 aromatic rings. The van der Waals surface area contributed by atoms with Gasteiger partial charge in [-0.1, -0.05) is 13.0 Å². The average molecular weight is 292 g/mol. The molecule has 5 heteroatoms. The van der Waals surface area contributed by atoms with E-state index in [1.54, 1.807) is 6.07 Å². The summed E-state index contributed by atoms with van der Waals surface area (Å²) in [6.07, 6.45) is 0.610. The van der Waals surface area contributed by atoms with Gasteiger partial charge in [-0.05, 0) is 47.0 Å². The van der Waals surface area contributed by atoms with E-state index < -0.39 is 10.0 Å². The zero-order valence-corrected chi connectivity index (χ0v) is 11.2. The van der Waals surface area contributed by atoms with E-state index in [2.05, 4.69) is 20.7 Å². The quantitative estimate of drug-likeness (QED) is 0.927. The summed E-state index contributed by atoms with van der Waals surface area (Å²) in [5.74, 6) is 0.146. The number of sulfonamides is 1. The fourth-order valence-electron chi connectivity index (χ4n) is 1.19. The molecule has 0 aliphatic rings. The maximum Gasteiger partial charge on any atom is 0.232 e. The van der Waals surface area contributed by atoms with Gasteiger partial charge in [0.25, 0.3) is 0 Å². The van der Waals surface area contributed by atoms with Gasteiger partial charge in [0.05, 0.1) is 11.4 Å². The first-order valence-electron chi connectivity index (χ1n) is 4.71. The van der Waals surface area contributed by atoms with Crippen LogP contribution in [0.3, 0.4) is 0 Å². The second-order valence-corrected chi connectivity index (χ2v) is 6.10. The first kappa shape index (κ1) is 12.5. The van der Waals surface area contributed by atoms with Gasteiger partial charge in [-0.3, -0.25) is 4.72 Å². The highest BCUT2D eigenvalue weighted by Crippen LogP contribution is 2.24. The Kier molecular flexibility index (Phi) is 4.16. The molecule has 0 aromatic heterocycles. The normalized spacial score (nSPS) is 11.4. The molecule has 0 spiro atoms. The smallest absolute Gasteiger partial charge is 0.232 e. The Morgan fingerprint density at radius 1 is 1.40 bits per heavy atom. The lowest BCUT2D eigenvalue weighted by Gasteiger charge is -2.09. The van der Waals surface area contributed by atoms with Gasteiger partial charge in [-0.25, -0.2) is 8.42 Å². The van der Waals surface area contributed by atoms with Crippen LogP contribution in [0.15, 0.2) is 22.7 Å². The Bertz CT molecular complexity index is 443. The number of nitrogens with one attached hydrogen (secondary N) is 1. The molecule has 84 valence electrons. The number of rotatable bonds is 4. The molecule has 0 atom stereocenters. The predicted molar refractivity (Wildman–Crippen MR) is 66.6 cm³/mol. The highest BCUT2D eigenvalue weighted by atomic mass is 79.9. The molecule has 15 heavy (non-hydrogen) atoms. The van der Waals surface area contributed by atoms with Crippen molar-refractivity contribution >= 4 is 31.6 Å². The van der Waals surface area contributed by atoms with Crippen LogP contribution in [0.4, 0.5) is 5.69 Å². The van der Waals surface area contributed by atoms with Crippen LogP contribution in [0.25, 0.3) is 0 Å². The van der Waals surface area contributed by atoms with Crippen molar-refractivity contribution in [1.82, 2.24) is 0 Å². The van der Waals surface area contributed by atoms with Crippen molar-refractivity contribution in [1.29, 1.82) is 0 Å². The zero-order chi connectivity index (χ0) is 11.5. The SMILES string of the molecule is CCCS(=O)(=O)Nc1ccc(C)cc1Br. The van der Waals surface area contributed by atoms with Gasteiger partial charge in [0.1, 0.15) is 0 Å². The van der Waals surface area contributed by atoms with E-state index in [-0.39, 0.29) is 5.75 Å². The van der Waals surface area contributed by atoms with Crippen molar-refractivity contribution in [2.45, 2.75) is 20.3 Å². The fraction of sp³-hybridized carbons (Fsp3) is 0.400. The van der Waals surface area contributed by atoms with Crippen LogP contribution >= 0.6 is 15.9 Å². The second-order valence-electron chi connectivity index (χ2n) is 3.40. The molecule has 0 amide bonds. The van der Waals surface area contributed by atoms with Crippen LogP contribution in [0.5, 0.6) is 0 Å². The molecule has 0 saturated heterocycles. The molecule has 1 rings (SSSR count). The summed E-state index contributed by atoms with van der Waals surface area (Å²) in [7, 11) is -3.20. The highest BCUT2D eigenvalue weighted by molar-refractivity contribution is 9.10. The number of benzene rings is 1. The van der Waals surface area contributed by atoms with E-state index in [0.717, 1.165) is 10.0 Å². The van der Waals surface area contributed by atoms with Crippen molar-refractivity contribution in [3.63, 3.8) is 0 Å². The molecular formula is C10H14BrNO2S. The van der Waals surface area contributed by atoms with Crippen molar-refractivity contribution < 1.29 is 8.42 Å². The molecule has 0 aliphatic heterocycles. The number of anilines is 1. The standard InChI is InChI=1S/C10H14BrNO2S/c1-3-6-15(13,14)12-10-5-4-8(2)7-9(10)11/h4-5,7,12H,3,6H2,1-2H3. The Morgan fingerprint density at radius 3 is 2.60 bits per heavy atom. The molecule has 0 saturated carbocycles. The summed E-state index contributed by atoms with van der Waals surface area (Å²) in [6.45, 7) is 3.79. The predicted octanol–water partition coefficient (Wildman–Crippen LogP) is 2.91. The lowest BCUT2D eigenvalue weighted by molar-refractivity contribution is 0.600. The molecule has 1 N–H and O–H groups in total. The van der Waals surface area contributed by atoms with Crippen LogP contribution in [-0.4, -0.2) is 14.2 Å². The molecule has 0 fully saturated rings. The molecule has 0 radical (unpaired) electrons. The minimum Gasteiger partial charge on any atom is -0.282 e. The van der Waals surface area contributed by atoms with E-state index in [1.807, 2.05) is 26.0 Å². The fourth-order valence-corrected chi connectivity index (χ4v) is 3.07. The summed E-state index contributed by atoms with van der Waals surface area (Å²) in [5.41, 5.74) is 1.68. The lowest BCUT2D eigenvalue weighted by atomic mass is 10.2. The number of halogens is 1. The second kappa shape index (κ2) is 4.99. The molecular weight excluding hydrogens is 278 g/mol. The molecule has 0 aliphatic carbocycles. The Balaban J connectivity index is 2.90. The van der Waals surface area contributed by atoms with E-state index in [0.29, 0.717) is 12.1 Å². The Labute approximate surface area is 99.1 Å². The van der Waals surface area contributed by atoms with Gasteiger partial charge in [-0.15, -0.1) is 0 Å². The minimum absolute atomic E-state index is 0.146. The first-order chi connectivity index (χ1) is 6.94. The van der Waals surface area contributed by atoms with Gasteiger partial charge in [0.2, 0.25) is 10.0 Å². The van der Waals surface area contributed by atoms with E-state index in [4.69, 9.17) is 0 Å². The van der Waals surface area contributed by atoms with E-state index in [9.17, 15) is 8.42 Å². The van der Waals surface area contributed by atoms with Crippen LogP contribution in [-0.2, 0) is 10.0 Å². The summed E-state index contributed by atoms with van der Waals surface area (Å²) >= 11 is 3.32. The van der Waals surface area contributed by atoms with Crippen LogP contribution in [0.2, 0.25) is 0 Å². The van der Waals surface area contributed by atoms with Gasteiger partial charge in [0.15, 0.2) is 0 Å². The number of aryl methyl sites for hydroxylation is 1. The van der Waals surface area contributed by atoms with Crippen molar-refractivity contribution in [2.24, 2.45) is 0 Å². The Morgan fingerprint density at radius 2 is 2.07 bits per heavy atom. The van der Waals surface area contributed by atoms with Crippen molar-refractivity contribution in [2.75, 3.05) is 10.5 Å². The van der Waals surface area contributed by atoms with Crippen LogP contribution in [0, 0.1) is 6.92 Å². The average Bonchev–Trinajstić information content (AvgIpc) is 2.09. The third kappa shape index (κ3) is 3.83. The van der Waals surface area contributed by atoms with Crippen LogP contribution < -0.4 is 4.72 Å². The lowest BCUT2D eigenvalue weighted by Crippen LogP contribution is -2.16. The summed E-state index contributed by atoms with van der Waals surface area (Å²) in [5, 5.41) is 0. The largest absolute Gasteiger partial charge is 0.282 e. The third-order valence-electron chi connectivity index (χ3n) is 1.86. The maximum absolute atomic E-state index is 11.5. The molecule has 0 unspecified atom stereocenters. The highest BCUT2D eigenvalue weighted by Gasteiger charge is 2.10. The summed E-state index contributed by atoms with van der Waals surface area (Å²) in [4.78, 5) is 0. The summed E-state index contributed by atoms with van der Waals surface area (Å²) < 4.78 is 26.3. The van der Waals surface area contributed by atoms with Crippen LogP contribution in [0.1, 0.15) is 18.9 Å². The minimum atomic E-state index is -3.20. The van der Waals surface area contributed by atoms with Crippen molar-refractivity contribution in [3.8, 4) is 0 Å². The molecule has 1 aromatic carbocycles. The zero-order valence-electron chi connectivity index (χ0n) is 8.75. The number of hydrogen-bond donors (Lipinski definition) is 1. The molecule has 0 bridgehead atoms. The third-order valence-corrected chi connectivity index (χ3v) is 4.00. The topological polar surface area (TPSA) is 46.2 Å². The van der Waals surface area contributed by atoms with E-state index >= 15 is 0 Å². The number of hydrogen-bond acceptors (Lipinski definition) is 2. The van der Waals surface area contributed by atoms with E-state index in [1.165, 1.54) is 0 Å². The molecule has 3 nitrogen and oxygen atoms in total. The van der Waals surface area contributed by atoms with Gasteiger partial charge >= 0.3 is 0 Å². The Hall–Kier alpha value is -0.550. The first-order valence-corrected chi connectivity index (χ1v) is 7.16. The monoisotopic (exact) mass is 291 g/mol. The van der Waals surface area contributed by atoms with Gasteiger partial charge < -0.3 is 0 Å². The molecule has 0 heterocycles.